The molecular formula is C35H32F2N6O3. The van der Waals surface area contributed by atoms with Gasteiger partial charge in [-0.3, -0.25) is 14.3 Å². The molecule has 4 fully saturated rings. The number of halogens is 2. The lowest BCUT2D eigenvalue weighted by molar-refractivity contribution is 0.243. The van der Waals surface area contributed by atoms with Crippen LogP contribution in [0.2, 0.25) is 0 Å². The molecule has 4 aromatic rings. The number of pyridine rings is 1. The molecule has 0 radical (unpaired) electrons. The van der Waals surface area contributed by atoms with E-state index in [-0.39, 0.29) is 40.1 Å². The third-order valence-corrected chi connectivity index (χ3v) is 10.7. The van der Waals surface area contributed by atoms with Crippen molar-refractivity contribution < 1.29 is 18.6 Å². The van der Waals surface area contributed by atoms with Crippen LogP contribution in [0.5, 0.6) is 11.5 Å². The Bertz CT molecular complexity index is 2090. The maximum absolute atomic E-state index is 15.0. The third kappa shape index (κ3) is 4.02. The maximum atomic E-state index is 15.0. The summed E-state index contributed by atoms with van der Waals surface area (Å²) in [5.74, 6) is 3.12. The Balaban J connectivity index is 1.29. The number of terminal acetylenes is 1. The van der Waals surface area contributed by atoms with E-state index in [2.05, 4.69) is 21.0 Å². The van der Waals surface area contributed by atoms with Gasteiger partial charge in [-0.1, -0.05) is 18.1 Å². The van der Waals surface area contributed by atoms with Crippen LogP contribution in [-0.4, -0.2) is 80.6 Å². The van der Waals surface area contributed by atoms with Gasteiger partial charge in [0.15, 0.2) is 5.82 Å². The highest BCUT2D eigenvalue weighted by Crippen LogP contribution is 2.43. The van der Waals surface area contributed by atoms with E-state index in [1.807, 2.05) is 12.2 Å². The van der Waals surface area contributed by atoms with E-state index in [1.165, 1.54) is 28.8 Å². The van der Waals surface area contributed by atoms with Crippen LogP contribution in [0, 0.1) is 18.2 Å². The van der Waals surface area contributed by atoms with Crippen molar-refractivity contribution >= 4 is 33.6 Å². The van der Waals surface area contributed by atoms with Gasteiger partial charge in [-0.25, -0.2) is 18.7 Å². The van der Waals surface area contributed by atoms with Crippen molar-refractivity contribution in [3.8, 4) is 29.5 Å². The molecule has 0 aliphatic carbocycles. The van der Waals surface area contributed by atoms with Crippen LogP contribution < -0.4 is 20.5 Å². The Hall–Kier alpha value is -4.53. The van der Waals surface area contributed by atoms with E-state index in [4.69, 9.17) is 21.1 Å². The van der Waals surface area contributed by atoms with E-state index < -0.39 is 17.5 Å². The van der Waals surface area contributed by atoms with E-state index in [0.717, 1.165) is 32.2 Å². The molecule has 5 atom stereocenters. The molecule has 3 unspecified atom stereocenters. The molecule has 2 N–H and O–H groups in total. The number of nitrogens with one attached hydrogen (secondary N) is 1. The Labute approximate surface area is 263 Å². The Morgan fingerprint density at radius 1 is 1.20 bits per heavy atom. The number of aromatic hydroxyl groups is 1. The molecule has 0 saturated carbocycles. The highest BCUT2D eigenvalue weighted by Gasteiger charge is 2.47. The summed E-state index contributed by atoms with van der Waals surface area (Å²) in [6.45, 7) is 2.35. The quantitative estimate of drug-likeness (QED) is 0.331. The second-order valence-corrected chi connectivity index (χ2v) is 13.3. The molecule has 2 aromatic heterocycles. The van der Waals surface area contributed by atoms with Crippen LogP contribution in [0.1, 0.15) is 43.5 Å². The monoisotopic (exact) mass is 622 g/mol. The summed E-state index contributed by atoms with van der Waals surface area (Å²) in [7, 11) is 0. The molecule has 2 aromatic carbocycles. The summed E-state index contributed by atoms with van der Waals surface area (Å²) in [6, 6.07) is 6.14. The minimum Gasteiger partial charge on any atom is -0.508 e. The predicted molar refractivity (Wildman–Crippen MR) is 171 cm³/mol. The predicted octanol–water partition coefficient (Wildman–Crippen LogP) is 4.05. The molecular weight excluding hydrogens is 590 g/mol. The SMILES string of the molecule is C#Cc1c(F)ccc2cc(O)cc(-n3cc4c5c(nc(/C=C/[C@@]67CCCN6C[C@H](F)C7)nc5c3=O)N3CC5CCC(N5)C3CO4)c12. The molecule has 9 nitrogen and oxygen atoms in total. The van der Waals surface area contributed by atoms with Gasteiger partial charge in [-0.05, 0) is 55.8 Å². The Kier molecular flexibility index (Phi) is 6.02. The van der Waals surface area contributed by atoms with Crippen molar-refractivity contribution in [1.29, 1.82) is 0 Å². The number of phenolic OH excluding ortho intramolecular Hbond substituents is 1. The van der Waals surface area contributed by atoms with Crippen molar-refractivity contribution in [1.82, 2.24) is 24.8 Å². The van der Waals surface area contributed by atoms with Crippen molar-refractivity contribution in [2.45, 2.75) is 61.9 Å². The standard InChI is InChI=1S/C35H32F2N6O3/c1-2-23-24(37)6-4-19-12-22(44)13-26(30(19)23)43-17-28-31-32(34(43)45)39-29(8-10-35-9-3-11-41(35)15-20(36)14-35)40-33(31)42-16-21-5-7-25(38-21)27(42)18-46-28/h1,4,6,8,10,12-13,17,20-21,25,27,38,44H,3,5,7,9,11,14-16,18H2/b10-8+/t20-,21?,25?,27?,35-/m1/s1. The second kappa shape index (κ2) is 9.98. The molecule has 0 spiro atoms. The van der Waals surface area contributed by atoms with E-state index >= 15 is 0 Å². The Morgan fingerprint density at radius 2 is 2.09 bits per heavy atom. The van der Waals surface area contributed by atoms with Gasteiger partial charge in [-0.2, -0.15) is 0 Å². The smallest absolute Gasteiger partial charge is 0.282 e. The normalized spacial score (nSPS) is 28.4. The van der Waals surface area contributed by atoms with Gasteiger partial charge in [0.1, 0.15) is 41.4 Å². The first-order valence-electron chi connectivity index (χ1n) is 16.0. The lowest BCUT2D eigenvalue weighted by Gasteiger charge is -2.40. The number of benzene rings is 2. The van der Waals surface area contributed by atoms with Crippen molar-refractivity contribution in [3.63, 3.8) is 0 Å². The number of piperazine rings is 1. The minimum atomic E-state index is -0.883. The first-order valence-corrected chi connectivity index (χ1v) is 16.0. The summed E-state index contributed by atoms with van der Waals surface area (Å²) in [6.07, 6.45) is 14.6. The van der Waals surface area contributed by atoms with Crippen LogP contribution in [-0.2, 0) is 0 Å². The number of rotatable bonds is 3. The van der Waals surface area contributed by atoms with E-state index in [1.54, 1.807) is 6.20 Å². The molecule has 2 bridgehead atoms. The number of hydrogen-bond donors (Lipinski definition) is 2. The number of anilines is 1. The summed E-state index contributed by atoms with van der Waals surface area (Å²) in [4.78, 5) is 28.9. The lowest BCUT2D eigenvalue weighted by Crippen LogP contribution is -2.60. The van der Waals surface area contributed by atoms with Crippen LogP contribution >= 0.6 is 0 Å². The molecule has 46 heavy (non-hydrogen) atoms. The van der Waals surface area contributed by atoms with E-state index in [0.29, 0.717) is 65.7 Å². The number of alkyl halides is 1. The number of aromatic nitrogens is 3. The largest absolute Gasteiger partial charge is 0.508 e. The molecule has 9 rings (SSSR count). The number of fused-ring (bicyclic) bond motifs is 7. The number of phenols is 1. The van der Waals surface area contributed by atoms with Crippen LogP contribution in [0.25, 0.3) is 33.4 Å². The molecule has 7 heterocycles. The maximum Gasteiger partial charge on any atom is 0.282 e. The number of hydrogen-bond acceptors (Lipinski definition) is 8. The molecule has 234 valence electrons. The zero-order valence-electron chi connectivity index (χ0n) is 25.0. The topological polar surface area (TPSA) is 95.8 Å². The summed E-state index contributed by atoms with van der Waals surface area (Å²) >= 11 is 0. The molecule has 4 saturated heterocycles. The summed E-state index contributed by atoms with van der Waals surface area (Å²) in [5.41, 5.74) is -0.527. The van der Waals surface area contributed by atoms with Gasteiger partial charge in [0.25, 0.3) is 5.56 Å². The molecule has 11 heteroatoms. The number of ether oxygens (including phenoxy) is 1. The van der Waals surface area contributed by atoms with Crippen LogP contribution in [0.3, 0.4) is 0 Å². The van der Waals surface area contributed by atoms with Crippen molar-refractivity contribution in [3.05, 3.63) is 64.1 Å². The zero-order chi connectivity index (χ0) is 31.3. The Morgan fingerprint density at radius 3 is 2.96 bits per heavy atom. The van der Waals surface area contributed by atoms with Crippen LogP contribution in [0.15, 0.2) is 41.3 Å². The van der Waals surface area contributed by atoms with Gasteiger partial charge >= 0.3 is 0 Å². The first kappa shape index (κ1) is 27.8. The van der Waals surface area contributed by atoms with E-state index in [9.17, 15) is 18.7 Å². The lowest BCUT2D eigenvalue weighted by atomic mass is 9.93. The second-order valence-electron chi connectivity index (χ2n) is 13.3. The average molecular weight is 623 g/mol. The van der Waals surface area contributed by atoms with Gasteiger partial charge in [0, 0.05) is 48.6 Å². The zero-order valence-corrected chi connectivity index (χ0v) is 25.0. The summed E-state index contributed by atoms with van der Waals surface area (Å²) in [5, 5.41) is 15.7. The fraction of sp³-hybridized carbons (Fsp3) is 0.400. The third-order valence-electron chi connectivity index (χ3n) is 10.7. The average Bonchev–Trinajstić information content (AvgIpc) is 3.68. The minimum absolute atomic E-state index is 0.0133. The van der Waals surface area contributed by atoms with Crippen LogP contribution in [0.4, 0.5) is 14.6 Å². The van der Waals surface area contributed by atoms with Gasteiger partial charge in [0.2, 0.25) is 0 Å². The van der Waals surface area contributed by atoms with Gasteiger partial charge < -0.3 is 20.1 Å². The molecule has 0 amide bonds. The molecule has 5 aliphatic heterocycles. The van der Waals surface area contributed by atoms with Gasteiger partial charge in [0.05, 0.1) is 28.9 Å². The van der Waals surface area contributed by atoms with Crippen molar-refractivity contribution in [2.24, 2.45) is 0 Å². The van der Waals surface area contributed by atoms with Gasteiger partial charge in [-0.15, -0.1) is 6.42 Å². The highest BCUT2D eigenvalue weighted by atomic mass is 19.1. The van der Waals surface area contributed by atoms with Crippen molar-refractivity contribution in [2.75, 3.05) is 31.1 Å². The fourth-order valence-electron chi connectivity index (χ4n) is 8.65. The first-order chi connectivity index (χ1) is 22.3. The molecule has 5 aliphatic rings. The fourth-order valence-corrected chi connectivity index (χ4v) is 8.65. The summed E-state index contributed by atoms with van der Waals surface area (Å²) < 4.78 is 37.3. The highest BCUT2D eigenvalue weighted by molar-refractivity contribution is 5.99. The number of nitrogens with zero attached hydrogens (tertiary/aromatic N) is 5.